The fraction of sp³-hybridized carbons (Fsp3) is 0.500. The maximum Gasteiger partial charge on any atom is 0.0399 e. The number of piperazine rings is 1. The lowest BCUT2D eigenvalue weighted by Gasteiger charge is -2.37. The zero-order valence-corrected chi connectivity index (χ0v) is 17.0. The van der Waals surface area contributed by atoms with Gasteiger partial charge in [0.15, 0.2) is 0 Å². The van der Waals surface area contributed by atoms with Crippen LogP contribution >= 0.6 is 0 Å². The largest absolute Gasteiger partial charge is 0.369 e. The van der Waals surface area contributed by atoms with Crippen LogP contribution in [-0.2, 0) is 13.0 Å². The number of nitrogens with zero attached hydrogens (tertiary/aromatic N) is 3. The molecule has 0 atom stereocenters. The van der Waals surface area contributed by atoms with E-state index in [2.05, 4.69) is 71.0 Å². The standard InChI is InChI=1S/C24H33N3/c1-20-7-5-10-24(21(20)2)27-17-15-25(16-18-27)12-6-13-26-14-11-22-8-3-4-9-23(22)19-26/h3-5,7-10H,6,11-19H2,1-2H3. The summed E-state index contributed by atoms with van der Waals surface area (Å²) in [7, 11) is 0. The van der Waals surface area contributed by atoms with Crippen molar-refractivity contribution in [2.45, 2.75) is 33.2 Å². The van der Waals surface area contributed by atoms with E-state index in [1.165, 1.54) is 67.9 Å². The van der Waals surface area contributed by atoms with Gasteiger partial charge >= 0.3 is 0 Å². The number of anilines is 1. The highest BCUT2D eigenvalue weighted by Crippen LogP contribution is 2.24. The van der Waals surface area contributed by atoms with E-state index in [0.717, 1.165) is 19.6 Å². The molecule has 2 aromatic carbocycles. The monoisotopic (exact) mass is 363 g/mol. The van der Waals surface area contributed by atoms with Gasteiger partial charge in [-0.15, -0.1) is 0 Å². The Bertz CT molecular complexity index is 762. The first-order valence-corrected chi connectivity index (χ1v) is 10.5. The van der Waals surface area contributed by atoms with Gasteiger partial charge in [-0.25, -0.2) is 0 Å². The second kappa shape index (κ2) is 8.45. The van der Waals surface area contributed by atoms with Crippen molar-refractivity contribution < 1.29 is 0 Å². The Morgan fingerprint density at radius 2 is 1.48 bits per heavy atom. The molecule has 3 nitrogen and oxygen atoms in total. The van der Waals surface area contributed by atoms with Crippen molar-refractivity contribution in [3.63, 3.8) is 0 Å². The molecule has 0 amide bonds. The highest BCUT2D eigenvalue weighted by molar-refractivity contribution is 5.56. The molecule has 0 bridgehead atoms. The summed E-state index contributed by atoms with van der Waals surface area (Å²) in [6.45, 7) is 14.0. The van der Waals surface area contributed by atoms with Crippen molar-refractivity contribution in [3.8, 4) is 0 Å². The molecule has 2 aliphatic heterocycles. The first-order valence-electron chi connectivity index (χ1n) is 10.5. The number of aryl methyl sites for hydroxylation is 1. The molecule has 0 radical (unpaired) electrons. The average Bonchev–Trinajstić information content (AvgIpc) is 2.71. The first-order chi connectivity index (χ1) is 13.2. The van der Waals surface area contributed by atoms with Gasteiger partial charge in [0.1, 0.15) is 0 Å². The van der Waals surface area contributed by atoms with Crippen LogP contribution in [0.15, 0.2) is 42.5 Å². The smallest absolute Gasteiger partial charge is 0.0399 e. The van der Waals surface area contributed by atoms with Gasteiger partial charge in [-0.2, -0.15) is 0 Å². The third-order valence-electron chi connectivity index (χ3n) is 6.45. The lowest BCUT2D eigenvalue weighted by Crippen LogP contribution is -2.47. The van der Waals surface area contributed by atoms with Crippen LogP contribution in [0.4, 0.5) is 5.69 Å². The van der Waals surface area contributed by atoms with Crippen LogP contribution in [0.5, 0.6) is 0 Å². The van der Waals surface area contributed by atoms with Crippen LogP contribution in [-0.4, -0.2) is 55.6 Å². The van der Waals surface area contributed by atoms with Gasteiger partial charge in [0.25, 0.3) is 0 Å². The molecule has 0 saturated carbocycles. The lowest BCUT2D eigenvalue weighted by atomic mass is 10.00. The molecule has 1 fully saturated rings. The quantitative estimate of drug-likeness (QED) is 0.798. The topological polar surface area (TPSA) is 9.72 Å². The highest BCUT2D eigenvalue weighted by atomic mass is 15.3. The predicted octanol–water partition coefficient (Wildman–Crippen LogP) is 3.87. The molecule has 3 heteroatoms. The molecule has 27 heavy (non-hydrogen) atoms. The normalized spacial score (nSPS) is 18.5. The van der Waals surface area contributed by atoms with Crippen LogP contribution in [0.3, 0.4) is 0 Å². The highest BCUT2D eigenvalue weighted by Gasteiger charge is 2.19. The number of rotatable bonds is 5. The van der Waals surface area contributed by atoms with Gasteiger partial charge < -0.3 is 4.90 Å². The third kappa shape index (κ3) is 4.36. The van der Waals surface area contributed by atoms with Crippen molar-refractivity contribution in [2.24, 2.45) is 0 Å². The van der Waals surface area contributed by atoms with Crippen LogP contribution in [0.25, 0.3) is 0 Å². The third-order valence-corrected chi connectivity index (χ3v) is 6.45. The summed E-state index contributed by atoms with van der Waals surface area (Å²) in [6, 6.07) is 15.6. The van der Waals surface area contributed by atoms with Gasteiger partial charge in [0, 0.05) is 45.0 Å². The van der Waals surface area contributed by atoms with Gasteiger partial charge in [0.2, 0.25) is 0 Å². The summed E-state index contributed by atoms with van der Waals surface area (Å²) in [5.74, 6) is 0. The van der Waals surface area contributed by atoms with Crippen LogP contribution in [0.1, 0.15) is 28.7 Å². The van der Waals surface area contributed by atoms with Crippen LogP contribution < -0.4 is 4.90 Å². The van der Waals surface area contributed by atoms with Crippen molar-refractivity contribution in [3.05, 3.63) is 64.7 Å². The molecular weight excluding hydrogens is 330 g/mol. The summed E-state index contributed by atoms with van der Waals surface area (Å²) < 4.78 is 0. The maximum absolute atomic E-state index is 2.65. The van der Waals surface area contributed by atoms with Gasteiger partial charge in [0.05, 0.1) is 0 Å². The molecule has 4 rings (SSSR count). The van der Waals surface area contributed by atoms with E-state index in [4.69, 9.17) is 0 Å². The Kier molecular flexibility index (Phi) is 5.80. The van der Waals surface area contributed by atoms with E-state index in [1.54, 1.807) is 5.56 Å². The number of hydrogen-bond donors (Lipinski definition) is 0. The van der Waals surface area contributed by atoms with E-state index in [0.29, 0.717) is 0 Å². The Morgan fingerprint density at radius 3 is 2.30 bits per heavy atom. The SMILES string of the molecule is Cc1cccc(N2CCN(CCCN3CCc4ccccc4C3)CC2)c1C. The van der Waals surface area contributed by atoms with Crippen LogP contribution in [0.2, 0.25) is 0 Å². The van der Waals surface area contributed by atoms with E-state index in [-0.39, 0.29) is 0 Å². The summed E-state index contributed by atoms with van der Waals surface area (Å²) in [4.78, 5) is 7.86. The van der Waals surface area contributed by atoms with Gasteiger partial charge in [-0.3, -0.25) is 9.80 Å². The Morgan fingerprint density at radius 1 is 0.741 bits per heavy atom. The minimum atomic E-state index is 1.14. The number of benzene rings is 2. The number of fused-ring (bicyclic) bond motifs is 1. The van der Waals surface area contributed by atoms with Crippen molar-refractivity contribution >= 4 is 5.69 Å². The zero-order chi connectivity index (χ0) is 18.6. The molecule has 0 spiro atoms. The van der Waals surface area contributed by atoms with Crippen molar-refractivity contribution in [2.75, 3.05) is 50.7 Å². The summed E-state index contributed by atoms with van der Waals surface area (Å²) in [5, 5.41) is 0. The molecule has 2 aromatic rings. The molecule has 0 aliphatic carbocycles. The zero-order valence-electron chi connectivity index (χ0n) is 17.0. The van der Waals surface area contributed by atoms with Crippen molar-refractivity contribution in [1.82, 2.24) is 9.80 Å². The first kappa shape index (κ1) is 18.5. The Labute approximate surface area is 164 Å². The van der Waals surface area contributed by atoms with E-state index in [1.807, 2.05) is 0 Å². The molecule has 0 aromatic heterocycles. The lowest BCUT2D eigenvalue weighted by molar-refractivity contribution is 0.210. The Balaban J connectivity index is 1.21. The average molecular weight is 364 g/mol. The predicted molar refractivity (Wildman–Crippen MR) is 115 cm³/mol. The molecule has 1 saturated heterocycles. The van der Waals surface area contributed by atoms with Crippen LogP contribution in [0, 0.1) is 13.8 Å². The minimum Gasteiger partial charge on any atom is -0.369 e. The summed E-state index contributed by atoms with van der Waals surface area (Å²) in [5.41, 5.74) is 7.36. The fourth-order valence-corrected chi connectivity index (χ4v) is 4.55. The number of hydrogen-bond acceptors (Lipinski definition) is 3. The minimum absolute atomic E-state index is 1.14. The van der Waals surface area contributed by atoms with E-state index in [9.17, 15) is 0 Å². The summed E-state index contributed by atoms with van der Waals surface area (Å²) >= 11 is 0. The van der Waals surface area contributed by atoms with Gasteiger partial charge in [-0.05, 0) is 68.1 Å². The molecule has 0 unspecified atom stereocenters. The fourth-order valence-electron chi connectivity index (χ4n) is 4.55. The second-order valence-electron chi connectivity index (χ2n) is 8.20. The molecule has 0 N–H and O–H groups in total. The van der Waals surface area contributed by atoms with E-state index < -0.39 is 0 Å². The maximum atomic E-state index is 2.65. The Hall–Kier alpha value is -1.84. The molecule has 2 heterocycles. The molecule has 2 aliphatic rings. The molecular formula is C24H33N3. The van der Waals surface area contributed by atoms with E-state index >= 15 is 0 Å². The summed E-state index contributed by atoms with van der Waals surface area (Å²) in [6.07, 6.45) is 2.50. The van der Waals surface area contributed by atoms with Crippen molar-refractivity contribution in [1.29, 1.82) is 0 Å². The second-order valence-corrected chi connectivity index (χ2v) is 8.20. The van der Waals surface area contributed by atoms with Gasteiger partial charge in [-0.1, -0.05) is 36.4 Å². The molecule has 144 valence electrons.